The quantitative estimate of drug-likeness (QED) is 0.877. The van der Waals surface area contributed by atoms with Crippen LogP contribution in [-0.2, 0) is 6.42 Å². The van der Waals surface area contributed by atoms with Gasteiger partial charge in [-0.05, 0) is 56.8 Å². The Morgan fingerprint density at radius 3 is 2.79 bits per heavy atom. The van der Waals surface area contributed by atoms with Crippen molar-refractivity contribution in [2.45, 2.75) is 58.1 Å². The summed E-state index contributed by atoms with van der Waals surface area (Å²) in [6.07, 6.45) is 2.77. The summed E-state index contributed by atoms with van der Waals surface area (Å²) in [6.45, 7) is 6.87. The van der Waals surface area contributed by atoms with Gasteiger partial charge in [0, 0.05) is 22.9 Å². The minimum absolute atomic E-state index is 0.248. The molecule has 4 nitrogen and oxygen atoms in total. The van der Waals surface area contributed by atoms with E-state index in [4.69, 9.17) is 9.15 Å². The molecule has 4 unspecified atom stereocenters. The molecule has 1 aliphatic heterocycles. The van der Waals surface area contributed by atoms with Gasteiger partial charge in [0.15, 0.2) is 0 Å². The lowest BCUT2D eigenvalue weighted by atomic mass is 9.95. The van der Waals surface area contributed by atoms with Crippen LogP contribution in [0.15, 0.2) is 22.6 Å². The fourth-order valence-electron chi connectivity index (χ4n) is 4.20. The average molecular weight is 331 g/mol. The molecular formula is C20H29NO3. The van der Waals surface area contributed by atoms with Crippen molar-refractivity contribution >= 4 is 11.0 Å². The SMILES string of the molecule is CC.COc1ccc2oc3c(c2c1)CCNC1CC(C(C)O)CC31. The number of benzene rings is 1. The van der Waals surface area contributed by atoms with Crippen LogP contribution in [0.2, 0.25) is 0 Å². The highest BCUT2D eigenvalue weighted by atomic mass is 16.5. The van der Waals surface area contributed by atoms with Gasteiger partial charge < -0.3 is 19.6 Å². The Labute approximate surface area is 144 Å². The molecule has 132 valence electrons. The number of furan rings is 1. The Morgan fingerprint density at radius 2 is 2.08 bits per heavy atom. The van der Waals surface area contributed by atoms with E-state index in [9.17, 15) is 5.11 Å². The number of hydrogen-bond acceptors (Lipinski definition) is 4. The van der Waals surface area contributed by atoms with Gasteiger partial charge in [0.2, 0.25) is 0 Å². The van der Waals surface area contributed by atoms with Crippen LogP contribution in [0, 0.1) is 5.92 Å². The van der Waals surface area contributed by atoms with E-state index in [0.717, 1.165) is 42.9 Å². The van der Waals surface area contributed by atoms with Crippen LogP contribution in [0.1, 0.15) is 50.9 Å². The molecular weight excluding hydrogens is 302 g/mol. The molecule has 0 saturated heterocycles. The third kappa shape index (κ3) is 2.93. The first-order valence-electron chi connectivity index (χ1n) is 9.18. The molecule has 2 N–H and O–H groups in total. The van der Waals surface area contributed by atoms with E-state index < -0.39 is 0 Å². The van der Waals surface area contributed by atoms with E-state index in [1.165, 1.54) is 10.9 Å². The van der Waals surface area contributed by atoms with Crippen molar-refractivity contribution in [3.05, 3.63) is 29.5 Å². The normalized spacial score (nSPS) is 26.8. The molecule has 1 aromatic heterocycles. The van der Waals surface area contributed by atoms with Crippen molar-refractivity contribution in [1.29, 1.82) is 0 Å². The molecule has 1 aromatic carbocycles. The Balaban J connectivity index is 0.000000815. The van der Waals surface area contributed by atoms with Gasteiger partial charge in [-0.3, -0.25) is 0 Å². The second-order valence-electron chi connectivity index (χ2n) is 6.70. The van der Waals surface area contributed by atoms with Gasteiger partial charge in [0.25, 0.3) is 0 Å². The minimum atomic E-state index is -0.248. The number of fused-ring (bicyclic) bond motifs is 5. The first-order chi connectivity index (χ1) is 11.7. The fourth-order valence-corrected chi connectivity index (χ4v) is 4.20. The molecule has 2 aliphatic rings. The Kier molecular flexibility index (Phi) is 5.16. The van der Waals surface area contributed by atoms with Crippen LogP contribution in [0.5, 0.6) is 5.75 Å². The molecule has 4 heteroatoms. The largest absolute Gasteiger partial charge is 0.497 e. The summed E-state index contributed by atoms with van der Waals surface area (Å²) in [5.74, 6) is 2.73. The molecule has 4 atom stereocenters. The summed E-state index contributed by atoms with van der Waals surface area (Å²) in [6, 6.07) is 6.46. The molecule has 0 bridgehead atoms. The summed E-state index contributed by atoms with van der Waals surface area (Å²) in [4.78, 5) is 0. The van der Waals surface area contributed by atoms with Gasteiger partial charge in [0.1, 0.15) is 17.1 Å². The molecule has 0 radical (unpaired) electrons. The molecule has 0 amide bonds. The number of aliphatic hydroxyl groups is 1. The molecule has 1 fully saturated rings. The molecule has 4 rings (SSSR count). The van der Waals surface area contributed by atoms with Crippen LogP contribution in [0.3, 0.4) is 0 Å². The zero-order valence-electron chi connectivity index (χ0n) is 15.1. The molecule has 1 saturated carbocycles. The van der Waals surface area contributed by atoms with Crippen molar-refractivity contribution in [2.24, 2.45) is 5.92 Å². The standard InChI is InChI=1S/C18H23NO3.C2H6/c1-10(20)11-7-15-16(8-11)19-6-5-13-14-9-12(21-2)3-4-17(14)22-18(13)15;1-2/h3-4,9-11,15-16,19-20H,5-8H2,1-2H3;1-2H3. The Morgan fingerprint density at radius 1 is 1.29 bits per heavy atom. The number of nitrogens with one attached hydrogen (secondary N) is 1. The molecule has 1 aliphatic carbocycles. The maximum atomic E-state index is 9.95. The third-order valence-corrected chi connectivity index (χ3v) is 5.43. The first kappa shape index (κ1) is 17.3. The number of aliphatic hydroxyl groups excluding tert-OH is 1. The number of hydrogen-bond donors (Lipinski definition) is 2. The Bertz CT molecular complexity index is 691. The van der Waals surface area contributed by atoms with E-state index in [-0.39, 0.29) is 6.10 Å². The highest BCUT2D eigenvalue weighted by molar-refractivity contribution is 5.84. The van der Waals surface area contributed by atoms with Crippen LogP contribution in [0.25, 0.3) is 11.0 Å². The lowest BCUT2D eigenvalue weighted by molar-refractivity contribution is 0.126. The van der Waals surface area contributed by atoms with Gasteiger partial charge in [0.05, 0.1) is 13.2 Å². The number of ether oxygens (including phenoxy) is 1. The number of rotatable bonds is 2. The maximum Gasteiger partial charge on any atom is 0.134 e. The van der Waals surface area contributed by atoms with Gasteiger partial charge in [-0.2, -0.15) is 0 Å². The predicted molar refractivity (Wildman–Crippen MR) is 96.8 cm³/mol. The zero-order valence-corrected chi connectivity index (χ0v) is 15.1. The third-order valence-electron chi connectivity index (χ3n) is 5.43. The minimum Gasteiger partial charge on any atom is -0.497 e. The topological polar surface area (TPSA) is 54.6 Å². The van der Waals surface area contributed by atoms with E-state index in [1.807, 2.05) is 32.9 Å². The second-order valence-corrected chi connectivity index (χ2v) is 6.70. The number of methoxy groups -OCH3 is 1. The molecule has 2 heterocycles. The van der Waals surface area contributed by atoms with Crippen molar-refractivity contribution in [3.63, 3.8) is 0 Å². The summed E-state index contributed by atoms with van der Waals surface area (Å²) in [5, 5.41) is 14.8. The summed E-state index contributed by atoms with van der Waals surface area (Å²) >= 11 is 0. The monoisotopic (exact) mass is 331 g/mol. The van der Waals surface area contributed by atoms with Gasteiger partial charge >= 0.3 is 0 Å². The van der Waals surface area contributed by atoms with Gasteiger partial charge in [-0.25, -0.2) is 0 Å². The lowest BCUT2D eigenvalue weighted by Gasteiger charge is -2.16. The van der Waals surface area contributed by atoms with Crippen molar-refractivity contribution < 1.29 is 14.3 Å². The highest BCUT2D eigenvalue weighted by Crippen LogP contribution is 2.45. The van der Waals surface area contributed by atoms with E-state index in [0.29, 0.717) is 17.9 Å². The molecule has 0 spiro atoms. The zero-order chi connectivity index (χ0) is 17.3. The van der Waals surface area contributed by atoms with Crippen LogP contribution in [0.4, 0.5) is 0 Å². The van der Waals surface area contributed by atoms with Crippen molar-refractivity contribution in [3.8, 4) is 5.75 Å². The van der Waals surface area contributed by atoms with Crippen LogP contribution in [-0.4, -0.2) is 30.9 Å². The van der Waals surface area contributed by atoms with Crippen molar-refractivity contribution in [2.75, 3.05) is 13.7 Å². The van der Waals surface area contributed by atoms with Crippen LogP contribution >= 0.6 is 0 Å². The lowest BCUT2D eigenvalue weighted by Crippen LogP contribution is -2.31. The molecule has 2 aromatic rings. The maximum absolute atomic E-state index is 9.95. The van der Waals surface area contributed by atoms with Crippen molar-refractivity contribution in [1.82, 2.24) is 5.32 Å². The first-order valence-corrected chi connectivity index (χ1v) is 9.18. The molecule has 24 heavy (non-hydrogen) atoms. The highest BCUT2D eigenvalue weighted by Gasteiger charge is 2.41. The summed E-state index contributed by atoms with van der Waals surface area (Å²) in [5.41, 5.74) is 2.27. The van der Waals surface area contributed by atoms with E-state index in [2.05, 4.69) is 11.4 Å². The van der Waals surface area contributed by atoms with Gasteiger partial charge in [-0.15, -0.1) is 0 Å². The fraction of sp³-hybridized carbons (Fsp3) is 0.600. The second kappa shape index (κ2) is 7.16. The summed E-state index contributed by atoms with van der Waals surface area (Å²) < 4.78 is 11.6. The predicted octanol–water partition coefficient (Wildman–Crippen LogP) is 3.86. The smallest absolute Gasteiger partial charge is 0.134 e. The van der Waals surface area contributed by atoms with Gasteiger partial charge in [-0.1, -0.05) is 13.8 Å². The van der Waals surface area contributed by atoms with Crippen LogP contribution < -0.4 is 10.1 Å². The van der Waals surface area contributed by atoms with E-state index in [1.54, 1.807) is 7.11 Å². The van der Waals surface area contributed by atoms with E-state index >= 15 is 0 Å². The Hall–Kier alpha value is -1.52. The summed E-state index contributed by atoms with van der Waals surface area (Å²) in [7, 11) is 1.70. The average Bonchev–Trinajstić information content (AvgIpc) is 3.14.